The minimum atomic E-state index is 0. The molecule has 0 fully saturated rings. The van der Waals surface area contributed by atoms with Gasteiger partial charge in [-0.3, -0.25) is 0 Å². The molecule has 2 heteroatoms. The van der Waals surface area contributed by atoms with E-state index in [-0.39, 0.29) is 6.61 Å². The van der Waals surface area contributed by atoms with Crippen molar-refractivity contribution in [2.24, 2.45) is 0 Å². The molecule has 0 aromatic heterocycles. The van der Waals surface area contributed by atoms with Gasteiger partial charge in [-0.1, -0.05) is 112 Å². The van der Waals surface area contributed by atoms with Crippen LogP contribution in [0.4, 0.5) is 0 Å². The van der Waals surface area contributed by atoms with E-state index < -0.39 is 0 Å². The molecule has 0 aliphatic carbocycles. The van der Waals surface area contributed by atoms with Crippen LogP contribution in [0, 0.1) is 0 Å². The van der Waals surface area contributed by atoms with Crippen molar-refractivity contribution in [3.63, 3.8) is 0 Å². The van der Waals surface area contributed by atoms with Gasteiger partial charge in [0, 0.05) is 0 Å². The van der Waals surface area contributed by atoms with Crippen LogP contribution in [0.15, 0.2) is 0 Å². The van der Waals surface area contributed by atoms with Crippen molar-refractivity contribution in [1.29, 1.82) is 0 Å². The van der Waals surface area contributed by atoms with Crippen LogP contribution >= 0.6 is 0 Å². The van der Waals surface area contributed by atoms with E-state index in [0.717, 1.165) is 0 Å². The van der Waals surface area contributed by atoms with Gasteiger partial charge >= 0.3 is 0 Å². The highest BCUT2D eigenvalue weighted by atomic mass is 16.2. The van der Waals surface area contributed by atoms with E-state index in [4.69, 9.17) is 5.11 Å². The van der Waals surface area contributed by atoms with E-state index in [0.29, 0.717) is 0 Å². The Kier molecular flexibility index (Phi) is 30.8. The molecular weight excluding hydrogens is 390 g/mol. The summed E-state index contributed by atoms with van der Waals surface area (Å²) in [5.41, 5.74) is 0. The summed E-state index contributed by atoms with van der Waals surface area (Å²) in [7, 11) is 0. The molecule has 0 aromatic rings. The van der Waals surface area contributed by atoms with Gasteiger partial charge in [-0.15, -0.1) is 6.61 Å². The quantitative estimate of drug-likeness (QED) is 0.105. The molecule has 0 atom stereocenters. The second-order valence-electron chi connectivity index (χ2n) is 10.2. The molecule has 0 aromatic carbocycles. The smallest absolute Gasteiger partial charge is 0.0786 e. The molecule has 0 spiro atoms. The molecule has 0 N–H and O–H groups in total. The third-order valence-corrected chi connectivity index (χ3v) is 6.94. The van der Waals surface area contributed by atoms with E-state index in [1.54, 1.807) is 6.92 Å². The fraction of sp³-hybridized carbons (Fsp3) is 1.00. The molecule has 0 aliphatic rings. The second-order valence-corrected chi connectivity index (χ2v) is 10.2. The number of nitrogens with zero attached hydrogens (tertiary/aromatic N) is 1. The molecular formula is C30H65NO. The van der Waals surface area contributed by atoms with Crippen LogP contribution < -0.4 is 5.11 Å². The van der Waals surface area contributed by atoms with Crippen molar-refractivity contribution in [2.75, 3.05) is 32.8 Å². The topological polar surface area (TPSA) is 23.1 Å². The van der Waals surface area contributed by atoms with E-state index in [9.17, 15) is 0 Å². The van der Waals surface area contributed by atoms with Gasteiger partial charge in [-0.2, -0.15) is 0 Å². The van der Waals surface area contributed by atoms with Crippen LogP contribution in [0.3, 0.4) is 0 Å². The lowest BCUT2D eigenvalue weighted by Gasteiger charge is -2.39. The van der Waals surface area contributed by atoms with E-state index in [1.807, 2.05) is 0 Å². The van der Waals surface area contributed by atoms with Gasteiger partial charge < -0.3 is 9.59 Å². The number of unbranched alkanes of at least 4 members (excludes halogenated alkanes) is 16. The Bertz CT molecular complexity index is 256. The highest BCUT2D eigenvalue weighted by molar-refractivity contribution is 4.54. The Morgan fingerprint density at radius 1 is 0.344 bits per heavy atom. The predicted molar refractivity (Wildman–Crippen MR) is 145 cm³/mol. The highest BCUT2D eigenvalue weighted by Crippen LogP contribution is 2.20. The lowest BCUT2D eigenvalue weighted by Crippen LogP contribution is -2.50. The average molecular weight is 456 g/mol. The van der Waals surface area contributed by atoms with Crippen molar-refractivity contribution in [2.45, 2.75) is 163 Å². The van der Waals surface area contributed by atoms with Crippen molar-refractivity contribution < 1.29 is 9.59 Å². The lowest BCUT2D eigenvalue weighted by molar-refractivity contribution is -0.929. The largest absolute Gasteiger partial charge is 0.855 e. The monoisotopic (exact) mass is 456 g/mol. The van der Waals surface area contributed by atoms with Gasteiger partial charge in [-0.05, 0) is 51.4 Å². The van der Waals surface area contributed by atoms with Crippen molar-refractivity contribution >= 4 is 0 Å². The summed E-state index contributed by atoms with van der Waals surface area (Å²) in [6, 6.07) is 0. The maximum absolute atomic E-state index is 8.93. The summed E-state index contributed by atoms with van der Waals surface area (Å²) in [5, 5.41) is 8.93. The molecule has 0 saturated carbocycles. The standard InChI is InChI=1S/C28H60N.C2H5O/c1-5-9-13-17-21-25-29(26-22-18-14-10-6-2,27-23-19-15-11-7-3)28-24-20-16-12-8-4;1-2-3/h5-28H2,1-4H3;2H2,1H3/q+1;-1. The van der Waals surface area contributed by atoms with Crippen LogP contribution in [0.25, 0.3) is 0 Å². The predicted octanol–water partition coefficient (Wildman–Crippen LogP) is 9.05. The fourth-order valence-electron chi connectivity index (χ4n) is 4.87. The van der Waals surface area contributed by atoms with E-state index in [2.05, 4.69) is 27.7 Å². The lowest BCUT2D eigenvalue weighted by atomic mass is 10.1. The zero-order valence-corrected chi connectivity index (χ0v) is 23.5. The number of rotatable bonds is 24. The summed E-state index contributed by atoms with van der Waals surface area (Å²) in [6.45, 7) is 16.8. The van der Waals surface area contributed by atoms with Crippen LogP contribution in [0.5, 0.6) is 0 Å². The Labute approximate surface area is 205 Å². The third-order valence-electron chi connectivity index (χ3n) is 6.94. The van der Waals surface area contributed by atoms with Crippen LogP contribution in [0.2, 0.25) is 0 Å². The minimum absolute atomic E-state index is 0. The molecule has 0 amide bonds. The number of hydrogen-bond donors (Lipinski definition) is 0. The van der Waals surface area contributed by atoms with E-state index >= 15 is 0 Å². The normalized spacial score (nSPS) is 11.4. The average Bonchev–Trinajstić information content (AvgIpc) is 2.79. The van der Waals surface area contributed by atoms with Crippen LogP contribution in [-0.4, -0.2) is 37.3 Å². The first kappa shape index (κ1) is 34.1. The molecule has 0 saturated heterocycles. The molecule has 0 unspecified atom stereocenters. The molecule has 0 heterocycles. The first-order valence-corrected chi connectivity index (χ1v) is 15.1. The summed E-state index contributed by atoms with van der Waals surface area (Å²) in [6.07, 6.45) is 28.8. The Hall–Kier alpha value is -0.0800. The summed E-state index contributed by atoms with van der Waals surface area (Å²) in [5.74, 6) is 0. The van der Waals surface area contributed by atoms with Crippen LogP contribution in [-0.2, 0) is 0 Å². The molecule has 0 bridgehead atoms. The van der Waals surface area contributed by atoms with Gasteiger partial charge in [0.05, 0.1) is 26.2 Å². The number of hydrogen-bond acceptors (Lipinski definition) is 1. The first-order valence-electron chi connectivity index (χ1n) is 15.1. The van der Waals surface area contributed by atoms with Crippen molar-refractivity contribution in [1.82, 2.24) is 0 Å². The molecule has 2 nitrogen and oxygen atoms in total. The molecule has 196 valence electrons. The fourth-order valence-corrected chi connectivity index (χ4v) is 4.87. The van der Waals surface area contributed by atoms with Gasteiger partial charge in [0.15, 0.2) is 0 Å². The van der Waals surface area contributed by atoms with E-state index in [1.165, 1.54) is 159 Å². The van der Waals surface area contributed by atoms with Crippen molar-refractivity contribution in [3.05, 3.63) is 0 Å². The Morgan fingerprint density at radius 2 is 0.531 bits per heavy atom. The third kappa shape index (κ3) is 24.6. The zero-order chi connectivity index (χ0) is 24.2. The summed E-state index contributed by atoms with van der Waals surface area (Å²) in [4.78, 5) is 0. The van der Waals surface area contributed by atoms with Gasteiger partial charge in [0.2, 0.25) is 0 Å². The molecule has 32 heavy (non-hydrogen) atoms. The Balaban J connectivity index is 0. The van der Waals surface area contributed by atoms with Crippen LogP contribution in [0.1, 0.15) is 163 Å². The molecule has 0 rings (SSSR count). The highest BCUT2D eigenvalue weighted by Gasteiger charge is 2.25. The maximum Gasteiger partial charge on any atom is 0.0786 e. The Morgan fingerprint density at radius 3 is 0.719 bits per heavy atom. The minimum Gasteiger partial charge on any atom is -0.855 e. The van der Waals surface area contributed by atoms with Gasteiger partial charge in [0.1, 0.15) is 0 Å². The SMILES string of the molecule is CCCCCCC[N+](CCCCCCC)(CCCCCCC)CCCCCCC.CC[O-]. The second kappa shape index (κ2) is 29.0. The zero-order valence-electron chi connectivity index (χ0n) is 23.5. The first-order chi connectivity index (χ1) is 15.7. The molecule has 0 radical (unpaired) electrons. The van der Waals surface area contributed by atoms with Gasteiger partial charge in [0.25, 0.3) is 0 Å². The maximum atomic E-state index is 8.93. The molecule has 0 aliphatic heterocycles. The summed E-state index contributed by atoms with van der Waals surface area (Å²) >= 11 is 0. The van der Waals surface area contributed by atoms with Gasteiger partial charge in [-0.25, -0.2) is 0 Å². The number of quaternary nitrogens is 1. The summed E-state index contributed by atoms with van der Waals surface area (Å²) < 4.78 is 1.47. The van der Waals surface area contributed by atoms with Crippen molar-refractivity contribution in [3.8, 4) is 0 Å².